The molecule has 0 spiro atoms. The lowest BCUT2D eigenvalue weighted by Crippen LogP contribution is -2.59. The SMILES string of the molecule is O=C(NC(C1CC1)N1CCN(CC(=O)N2CCN(C3CCC3)CC2)CC1)c1cccnc1. The quantitative estimate of drug-likeness (QED) is 0.678. The summed E-state index contributed by atoms with van der Waals surface area (Å²) in [5, 5.41) is 3.24. The zero-order valence-electron chi connectivity index (χ0n) is 19.0. The van der Waals surface area contributed by atoms with Crippen molar-refractivity contribution in [3.63, 3.8) is 0 Å². The molecule has 0 aromatic carbocycles. The number of pyridine rings is 1. The molecule has 4 fully saturated rings. The molecule has 1 aromatic heterocycles. The molecule has 1 unspecified atom stereocenters. The van der Waals surface area contributed by atoms with Gasteiger partial charge in [0.1, 0.15) is 0 Å². The molecule has 5 rings (SSSR count). The predicted octanol–water partition coefficient (Wildman–Crippen LogP) is 0.862. The first kappa shape index (κ1) is 21.8. The van der Waals surface area contributed by atoms with Crippen molar-refractivity contribution in [2.75, 3.05) is 58.9 Å². The Morgan fingerprint density at radius 2 is 1.75 bits per heavy atom. The van der Waals surface area contributed by atoms with Crippen molar-refractivity contribution in [2.45, 2.75) is 44.3 Å². The van der Waals surface area contributed by atoms with Gasteiger partial charge in [0.15, 0.2) is 0 Å². The third-order valence-corrected chi connectivity index (χ3v) is 7.69. The molecule has 0 radical (unpaired) electrons. The lowest BCUT2D eigenvalue weighted by molar-refractivity contribution is -0.135. The Morgan fingerprint density at radius 3 is 2.34 bits per heavy atom. The molecule has 8 heteroatoms. The molecule has 1 N–H and O–H groups in total. The number of carbonyl (C=O) groups excluding carboxylic acids is 2. The van der Waals surface area contributed by atoms with Crippen molar-refractivity contribution < 1.29 is 9.59 Å². The van der Waals surface area contributed by atoms with Crippen LogP contribution in [0.2, 0.25) is 0 Å². The van der Waals surface area contributed by atoms with Gasteiger partial charge in [0.05, 0.1) is 18.3 Å². The first-order chi connectivity index (χ1) is 15.7. The molecular weight excluding hydrogens is 404 g/mol. The summed E-state index contributed by atoms with van der Waals surface area (Å²) in [5.41, 5.74) is 0.611. The molecule has 2 aliphatic carbocycles. The van der Waals surface area contributed by atoms with E-state index in [9.17, 15) is 9.59 Å². The number of hydrogen-bond acceptors (Lipinski definition) is 6. The van der Waals surface area contributed by atoms with E-state index in [0.717, 1.165) is 58.4 Å². The second kappa shape index (κ2) is 9.85. The molecule has 2 aliphatic heterocycles. The molecule has 32 heavy (non-hydrogen) atoms. The lowest BCUT2D eigenvalue weighted by Gasteiger charge is -2.43. The number of carbonyl (C=O) groups is 2. The van der Waals surface area contributed by atoms with Gasteiger partial charge in [-0.1, -0.05) is 6.42 Å². The summed E-state index contributed by atoms with van der Waals surface area (Å²) in [7, 11) is 0. The average Bonchev–Trinajstić information content (AvgIpc) is 3.63. The van der Waals surface area contributed by atoms with E-state index >= 15 is 0 Å². The van der Waals surface area contributed by atoms with Crippen LogP contribution < -0.4 is 5.32 Å². The van der Waals surface area contributed by atoms with Crippen LogP contribution in [0.25, 0.3) is 0 Å². The van der Waals surface area contributed by atoms with Crippen molar-refractivity contribution in [1.82, 2.24) is 29.9 Å². The zero-order valence-corrected chi connectivity index (χ0v) is 19.0. The van der Waals surface area contributed by atoms with Gasteiger partial charge in [0, 0.05) is 70.8 Å². The topological polar surface area (TPSA) is 72.0 Å². The van der Waals surface area contributed by atoms with Gasteiger partial charge in [-0.05, 0) is 43.7 Å². The second-order valence-corrected chi connectivity index (χ2v) is 9.81. The van der Waals surface area contributed by atoms with Crippen LogP contribution in [0, 0.1) is 5.92 Å². The van der Waals surface area contributed by atoms with Crippen LogP contribution in [-0.2, 0) is 4.79 Å². The standard InChI is InChI=1S/C24H36N6O2/c31-22(29-15-13-28(14-16-29)21-4-1-5-21)18-27-9-11-30(12-10-27)23(19-6-7-19)26-24(32)20-3-2-8-25-17-20/h2-3,8,17,19,21,23H,1,4-7,9-16,18H2,(H,26,32). The van der Waals surface area contributed by atoms with Crippen LogP contribution in [-0.4, -0.2) is 108 Å². The molecule has 1 atom stereocenters. The Hall–Kier alpha value is -2.03. The third-order valence-electron chi connectivity index (χ3n) is 7.69. The van der Waals surface area contributed by atoms with E-state index in [1.807, 2.05) is 6.07 Å². The average molecular weight is 441 g/mol. The minimum atomic E-state index is -0.0475. The minimum Gasteiger partial charge on any atom is -0.339 e. The number of rotatable bonds is 7. The van der Waals surface area contributed by atoms with E-state index in [1.54, 1.807) is 18.5 Å². The molecule has 1 aromatic rings. The smallest absolute Gasteiger partial charge is 0.254 e. The number of nitrogens with zero attached hydrogens (tertiary/aromatic N) is 5. The van der Waals surface area contributed by atoms with Crippen molar-refractivity contribution in [3.8, 4) is 0 Å². The number of amides is 2. The van der Waals surface area contributed by atoms with Gasteiger partial charge >= 0.3 is 0 Å². The number of piperazine rings is 2. The highest BCUT2D eigenvalue weighted by atomic mass is 16.2. The molecule has 8 nitrogen and oxygen atoms in total. The highest BCUT2D eigenvalue weighted by molar-refractivity contribution is 5.94. The van der Waals surface area contributed by atoms with Gasteiger partial charge in [-0.25, -0.2) is 0 Å². The van der Waals surface area contributed by atoms with Crippen LogP contribution in [0.1, 0.15) is 42.5 Å². The summed E-state index contributed by atoms with van der Waals surface area (Å²) in [5.74, 6) is 0.764. The highest BCUT2D eigenvalue weighted by Gasteiger charge is 2.38. The molecule has 174 valence electrons. The maximum absolute atomic E-state index is 12.9. The molecule has 0 bridgehead atoms. The van der Waals surface area contributed by atoms with Gasteiger partial charge < -0.3 is 10.2 Å². The summed E-state index contributed by atoms with van der Waals surface area (Å²) in [6.45, 7) is 7.86. The number of nitrogens with one attached hydrogen (secondary N) is 1. The van der Waals surface area contributed by atoms with Crippen LogP contribution >= 0.6 is 0 Å². The first-order valence-corrected chi connectivity index (χ1v) is 12.4. The maximum atomic E-state index is 12.9. The number of hydrogen-bond donors (Lipinski definition) is 1. The Bertz CT molecular complexity index is 781. The van der Waals surface area contributed by atoms with Crippen LogP contribution in [0.4, 0.5) is 0 Å². The van der Waals surface area contributed by atoms with Gasteiger partial charge in [-0.3, -0.25) is 29.3 Å². The fourth-order valence-electron chi connectivity index (χ4n) is 5.21. The fraction of sp³-hybridized carbons (Fsp3) is 0.708. The van der Waals surface area contributed by atoms with E-state index < -0.39 is 0 Å². The second-order valence-electron chi connectivity index (χ2n) is 9.81. The Balaban J connectivity index is 1.07. The van der Waals surface area contributed by atoms with E-state index in [1.165, 1.54) is 32.1 Å². The van der Waals surface area contributed by atoms with Crippen LogP contribution in [0.5, 0.6) is 0 Å². The van der Waals surface area contributed by atoms with E-state index in [2.05, 4.69) is 29.9 Å². The highest BCUT2D eigenvalue weighted by Crippen LogP contribution is 2.34. The third kappa shape index (κ3) is 5.13. The summed E-state index contributed by atoms with van der Waals surface area (Å²) in [6, 6.07) is 4.38. The summed E-state index contributed by atoms with van der Waals surface area (Å²) in [6.07, 6.45) is 9.77. The molecular formula is C24H36N6O2. The van der Waals surface area contributed by atoms with Crippen molar-refractivity contribution in [2.24, 2.45) is 5.92 Å². The van der Waals surface area contributed by atoms with E-state index in [-0.39, 0.29) is 18.0 Å². The Labute approximate surface area is 190 Å². The van der Waals surface area contributed by atoms with Crippen molar-refractivity contribution in [3.05, 3.63) is 30.1 Å². The monoisotopic (exact) mass is 440 g/mol. The zero-order chi connectivity index (χ0) is 21.9. The van der Waals surface area contributed by atoms with E-state index in [4.69, 9.17) is 0 Å². The summed E-state index contributed by atoms with van der Waals surface area (Å²) < 4.78 is 0. The van der Waals surface area contributed by atoms with Gasteiger partial charge in [-0.2, -0.15) is 0 Å². The summed E-state index contributed by atoms with van der Waals surface area (Å²) >= 11 is 0. The Morgan fingerprint density at radius 1 is 1.00 bits per heavy atom. The van der Waals surface area contributed by atoms with Gasteiger partial charge in [-0.15, -0.1) is 0 Å². The normalized spacial score (nSPS) is 24.7. The van der Waals surface area contributed by atoms with Crippen LogP contribution in [0.15, 0.2) is 24.5 Å². The molecule has 2 saturated heterocycles. The number of aromatic nitrogens is 1. The van der Waals surface area contributed by atoms with Crippen LogP contribution in [0.3, 0.4) is 0 Å². The van der Waals surface area contributed by atoms with E-state index in [0.29, 0.717) is 18.0 Å². The fourth-order valence-corrected chi connectivity index (χ4v) is 5.21. The minimum absolute atomic E-state index is 0.0475. The molecule has 2 amide bonds. The molecule has 2 saturated carbocycles. The largest absolute Gasteiger partial charge is 0.339 e. The van der Waals surface area contributed by atoms with Crippen molar-refractivity contribution in [1.29, 1.82) is 0 Å². The van der Waals surface area contributed by atoms with Crippen molar-refractivity contribution >= 4 is 11.8 Å². The predicted molar refractivity (Wildman–Crippen MR) is 122 cm³/mol. The molecule has 3 heterocycles. The van der Waals surface area contributed by atoms with Gasteiger partial charge in [0.2, 0.25) is 5.91 Å². The first-order valence-electron chi connectivity index (χ1n) is 12.4. The van der Waals surface area contributed by atoms with Gasteiger partial charge in [0.25, 0.3) is 5.91 Å². The maximum Gasteiger partial charge on any atom is 0.254 e. The summed E-state index contributed by atoms with van der Waals surface area (Å²) in [4.78, 5) is 38.9. The molecule has 4 aliphatic rings. The Kier molecular flexibility index (Phi) is 6.71. The lowest BCUT2D eigenvalue weighted by atomic mass is 9.91.